The molecule has 0 saturated carbocycles. The molecular weight excluding hydrogens is 371 g/mol. The molecule has 1 aliphatic rings. The fourth-order valence-electron chi connectivity index (χ4n) is 1.84. The third-order valence-electron chi connectivity index (χ3n) is 2.89. The number of carbonyl (C=O) groups is 2. The van der Waals surface area contributed by atoms with Gasteiger partial charge in [-0.25, -0.2) is 9.59 Å². The molecule has 0 aromatic rings. The van der Waals surface area contributed by atoms with Gasteiger partial charge in [0.25, 0.3) is 0 Å². The SMILES string of the molecule is COC(=O)C1CC(OS(=O)(=O)C(F)(F)F)=CCN1C(=O)OC(C)(C)C. The zero-order valence-corrected chi connectivity index (χ0v) is 14.7. The molecule has 0 N–H and O–H groups in total. The second-order valence-corrected chi connectivity index (χ2v) is 7.57. The Morgan fingerprint density at radius 3 is 2.24 bits per heavy atom. The van der Waals surface area contributed by atoms with Crippen molar-refractivity contribution in [3.63, 3.8) is 0 Å². The molecule has 0 aromatic carbocycles. The van der Waals surface area contributed by atoms with Crippen molar-refractivity contribution in [1.29, 1.82) is 0 Å². The van der Waals surface area contributed by atoms with Crippen molar-refractivity contribution in [1.82, 2.24) is 4.90 Å². The smallest absolute Gasteiger partial charge is 0.467 e. The molecule has 1 aliphatic heterocycles. The van der Waals surface area contributed by atoms with Crippen LogP contribution in [-0.2, 0) is 28.6 Å². The second-order valence-electron chi connectivity index (χ2n) is 6.03. The molecule has 1 amide bonds. The van der Waals surface area contributed by atoms with Gasteiger partial charge in [-0.3, -0.25) is 4.90 Å². The van der Waals surface area contributed by atoms with Gasteiger partial charge in [-0.1, -0.05) is 0 Å². The minimum atomic E-state index is -5.87. The van der Waals surface area contributed by atoms with E-state index in [-0.39, 0.29) is 0 Å². The minimum Gasteiger partial charge on any atom is -0.467 e. The first-order chi connectivity index (χ1) is 11.2. The Hall–Kier alpha value is -1.98. The average Bonchev–Trinajstić information content (AvgIpc) is 2.42. The lowest BCUT2D eigenvalue weighted by molar-refractivity contribution is -0.147. The van der Waals surface area contributed by atoms with Crippen LogP contribution in [0, 0.1) is 0 Å². The number of hydrogen-bond acceptors (Lipinski definition) is 7. The Bertz CT molecular complexity index is 664. The summed E-state index contributed by atoms with van der Waals surface area (Å²) in [6.07, 6.45) is -0.565. The standard InChI is InChI=1S/C13H18F3NO7S/c1-12(2,3)23-11(19)17-6-5-8(7-9(17)10(18)22-4)24-25(20,21)13(14,15)16/h5,9H,6-7H2,1-4H3. The molecule has 1 rings (SSSR count). The van der Waals surface area contributed by atoms with Crippen molar-refractivity contribution in [3.05, 3.63) is 11.8 Å². The van der Waals surface area contributed by atoms with E-state index in [2.05, 4.69) is 8.92 Å². The predicted octanol–water partition coefficient (Wildman–Crippen LogP) is 1.92. The largest absolute Gasteiger partial charge is 0.534 e. The average molecular weight is 389 g/mol. The number of hydrogen-bond donors (Lipinski definition) is 0. The summed E-state index contributed by atoms with van der Waals surface area (Å²) in [6.45, 7) is 4.37. The van der Waals surface area contributed by atoms with E-state index in [0.29, 0.717) is 0 Å². The van der Waals surface area contributed by atoms with E-state index < -0.39 is 58.1 Å². The highest BCUT2D eigenvalue weighted by molar-refractivity contribution is 7.87. The van der Waals surface area contributed by atoms with Crippen LogP contribution in [0.1, 0.15) is 27.2 Å². The van der Waals surface area contributed by atoms with E-state index >= 15 is 0 Å². The summed E-state index contributed by atoms with van der Waals surface area (Å²) < 4.78 is 72.9. The van der Waals surface area contributed by atoms with Gasteiger partial charge in [-0.2, -0.15) is 21.6 Å². The fraction of sp³-hybridized carbons (Fsp3) is 0.692. The van der Waals surface area contributed by atoms with Crippen LogP contribution in [-0.4, -0.2) is 56.2 Å². The number of halogens is 3. The maximum Gasteiger partial charge on any atom is 0.534 e. The van der Waals surface area contributed by atoms with Crippen LogP contribution in [0.15, 0.2) is 11.8 Å². The Balaban J connectivity index is 3.04. The molecule has 12 heteroatoms. The summed E-state index contributed by atoms with van der Waals surface area (Å²) in [7, 11) is -4.86. The zero-order chi connectivity index (χ0) is 19.6. The van der Waals surface area contributed by atoms with E-state index in [1.54, 1.807) is 20.8 Å². The molecular formula is C13H18F3NO7S. The van der Waals surface area contributed by atoms with Crippen LogP contribution < -0.4 is 0 Å². The first-order valence-corrected chi connectivity index (χ1v) is 8.36. The highest BCUT2D eigenvalue weighted by Crippen LogP contribution is 2.30. The summed E-state index contributed by atoms with van der Waals surface area (Å²) >= 11 is 0. The molecule has 0 saturated heterocycles. The number of ether oxygens (including phenoxy) is 2. The molecule has 1 unspecified atom stereocenters. The maximum atomic E-state index is 12.4. The van der Waals surface area contributed by atoms with Crippen molar-refractivity contribution in [2.24, 2.45) is 0 Å². The number of methoxy groups -OCH3 is 1. The lowest BCUT2D eigenvalue weighted by Gasteiger charge is -2.34. The van der Waals surface area contributed by atoms with Crippen LogP contribution >= 0.6 is 0 Å². The quantitative estimate of drug-likeness (QED) is 0.413. The lowest BCUT2D eigenvalue weighted by Crippen LogP contribution is -2.50. The molecule has 25 heavy (non-hydrogen) atoms. The molecule has 0 aliphatic carbocycles. The molecule has 1 heterocycles. The lowest BCUT2D eigenvalue weighted by atomic mass is 10.1. The van der Waals surface area contributed by atoms with Crippen molar-refractivity contribution >= 4 is 22.2 Å². The molecule has 0 spiro atoms. The monoisotopic (exact) mass is 389 g/mol. The van der Waals surface area contributed by atoms with Crippen molar-refractivity contribution in [2.45, 2.75) is 44.3 Å². The predicted molar refractivity (Wildman–Crippen MR) is 77.5 cm³/mol. The van der Waals surface area contributed by atoms with Crippen molar-refractivity contribution < 1.29 is 44.8 Å². The third-order valence-corrected chi connectivity index (χ3v) is 3.89. The first-order valence-electron chi connectivity index (χ1n) is 6.95. The van der Waals surface area contributed by atoms with E-state index in [1.165, 1.54) is 0 Å². The first kappa shape index (κ1) is 21.1. The number of carbonyl (C=O) groups excluding carboxylic acids is 2. The topological polar surface area (TPSA) is 99.2 Å². The van der Waals surface area contributed by atoms with Crippen molar-refractivity contribution in [2.75, 3.05) is 13.7 Å². The zero-order valence-electron chi connectivity index (χ0n) is 13.9. The van der Waals surface area contributed by atoms with Gasteiger partial charge >= 0.3 is 27.7 Å². The highest BCUT2D eigenvalue weighted by Gasteiger charge is 2.49. The Morgan fingerprint density at radius 2 is 1.80 bits per heavy atom. The number of alkyl halides is 3. The summed E-state index contributed by atoms with van der Waals surface area (Å²) in [6, 6.07) is -1.39. The van der Waals surface area contributed by atoms with Gasteiger partial charge < -0.3 is 13.7 Å². The van der Waals surface area contributed by atoms with Gasteiger partial charge in [-0.05, 0) is 26.8 Å². The van der Waals surface area contributed by atoms with Crippen LogP contribution in [0.5, 0.6) is 0 Å². The van der Waals surface area contributed by atoms with Gasteiger partial charge in [0.2, 0.25) is 0 Å². The van der Waals surface area contributed by atoms with Gasteiger partial charge in [0.1, 0.15) is 17.4 Å². The van der Waals surface area contributed by atoms with Crippen LogP contribution in [0.25, 0.3) is 0 Å². The Kier molecular flexibility index (Phi) is 5.98. The molecule has 0 radical (unpaired) electrons. The summed E-state index contributed by atoms with van der Waals surface area (Å²) in [5.41, 5.74) is -6.49. The maximum absolute atomic E-state index is 12.4. The molecule has 0 fully saturated rings. The number of nitrogens with zero attached hydrogens (tertiary/aromatic N) is 1. The Labute approximate surface area is 142 Å². The molecule has 144 valence electrons. The van der Waals surface area contributed by atoms with E-state index in [0.717, 1.165) is 18.1 Å². The molecule has 1 atom stereocenters. The Morgan fingerprint density at radius 1 is 1.24 bits per heavy atom. The minimum absolute atomic E-state index is 0.391. The van der Waals surface area contributed by atoms with E-state index in [1.807, 2.05) is 0 Å². The van der Waals surface area contributed by atoms with Crippen LogP contribution in [0.3, 0.4) is 0 Å². The summed E-state index contributed by atoms with van der Waals surface area (Å²) in [5.74, 6) is -1.57. The van der Waals surface area contributed by atoms with Gasteiger partial charge in [0, 0.05) is 13.0 Å². The number of amides is 1. The van der Waals surface area contributed by atoms with Crippen LogP contribution in [0.4, 0.5) is 18.0 Å². The normalized spacial score (nSPS) is 19.1. The fourth-order valence-corrected chi connectivity index (χ4v) is 2.35. The number of rotatable bonds is 3. The molecule has 0 bridgehead atoms. The van der Waals surface area contributed by atoms with E-state index in [9.17, 15) is 31.2 Å². The van der Waals surface area contributed by atoms with E-state index in [4.69, 9.17) is 4.74 Å². The van der Waals surface area contributed by atoms with Gasteiger partial charge in [0.05, 0.1) is 7.11 Å². The van der Waals surface area contributed by atoms with Gasteiger partial charge in [-0.15, -0.1) is 0 Å². The second kappa shape index (κ2) is 7.10. The summed E-state index contributed by atoms with van der Waals surface area (Å²) in [5, 5.41) is 0. The summed E-state index contributed by atoms with van der Waals surface area (Å²) in [4.78, 5) is 24.9. The van der Waals surface area contributed by atoms with Crippen LogP contribution in [0.2, 0.25) is 0 Å². The third kappa shape index (κ3) is 5.51. The number of esters is 1. The molecule has 8 nitrogen and oxygen atoms in total. The molecule has 0 aromatic heterocycles. The highest BCUT2D eigenvalue weighted by atomic mass is 32.2. The van der Waals surface area contributed by atoms with Gasteiger partial charge in [0.15, 0.2) is 0 Å². The van der Waals surface area contributed by atoms with Crippen molar-refractivity contribution in [3.8, 4) is 0 Å².